The smallest absolute Gasteiger partial charge is 0.230 e. The first-order valence-corrected chi connectivity index (χ1v) is 10.8. The maximum absolute atomic E-state index is 6.32. The highest BCUT2D eigenvalue weighted by Crippen LogP contribution is 2.37. The van der Waals surface area contributed by atoms with Crippen LogP contribution in [0.15, 0.2) is 35.5 Å². The van der Waals surface area contributed by atoms with Gasteiger partial charge in [0, 0.05) is 18.8 Å². The van der Waals surface area contributed by atoms with Crippen molar-refractivity contribution in [2.24, 2.45) is 11.1 Å². The zero-order valence-electron chi connectivity index (χ0n) is 13.1. The topological polar surface area (TPSA) is 30.8 Å². The molecule has 0 spiro atoms. The van der Waals surface area contributed by atoms with Gasteiger partial charge in [0.15, 0.2) is 8.32 Å². The molecule has 0 unspecified atom stereocenters. The molecule has 4 heteroatoms. The Labute approximate surface area is 123 Å². The zero-order chi connectivity index (χ0) is 14.8. The van der Waals surface area contributed by atoms with Crippen molar-refractivity contribution in [2.45, 2.75) is 52.1 Å². The van der Waals surface area contributed by atoms with Crippen LogP contribution in [0.5, 0.6) is 0 Å². The van der Waals surface area contributed by atoms with Gasteiger partial charge in [0.2, 0.25) is 5.79 Å². The molecule has 2 rings (SSSR count). The molecule has 1 aromatic carbocycles. The molecule has 3 nitrogen and oxygen atoms in total. The molecule has 0 saturated carbocycles. The lowest BCUT2D eigenvalue weighted by molar-refractivity contribution is -0.227. The Morgan fingerprint density at radius 1 is 1.30 bits per heavy atom. The van der Waals surface area contributed by atoms with E-state index in [0.29, 0.717) is 5.92 Å². The van der Waals surface area contributed by atoms with Crippen molar-refractivity contribution in [1.29, 1.82) is 0 Å². The number of benzene rings is 1. The summed E-state index contributed by atoms with van der Waals surface area (Å²) in [5.41, 5.74) is 2.15. The average molecular weight is 291 g/mol. The first kappa shape index (κ1) is 15.3. The van der Waals surface area contributed by atoms with E-state index in [1.807, 2.05) is 18.2 Å². The fraction of sp³-hybridized carbons (Fsp3) is 0.562. The van der Waals surface area contributed by atoms with Crippen LogP contribution < -0.4 is 0 Å². The summed E-state index contributed by atoms with van der Waals surface area (Å²) in [4.78, 5) is 5.87. The SMILES string of the molecule is CC[C@@]1(O[Si](C)(C)C)ON=C(c2ccccc2)C[C@@H]1C. The maximum atomic E-state index is 6.32. The molecule has 2 atom stereocenters. The van der Waals surface area contributed by atoms with Crippen LogP contribution in [0.2, 0.25) is 19.6 Å². The Bertz CT molecular complexity index is 481. The molecular weight excluding hydrogens is 266 g/mol. The number of oxime groups is 1. The van der Waals surface area contributed by atoms with Crippen LogP contribution in [0, 0.1) is 5.92 Å². The van der Waals surface area contributed by atoms with Gasteiger partial charge in [-0.2, -0.15) is 0 Å². The molecule has 1 aliphatic heterocycles. The van der Waals surface area contributed by atoms with E-state index in [2.05, 4.69) is 50.8 Å². The van der Waals surface area contributed by atoms with Gasteiger partial charge in [-0.15, -0.1) is 0 Å². The van der Waals surface area contributed by atoms with E-state index in [9.17, 15) is 0 Å². The lowest BCUT2D eigenvalue weighted by Crippen LogP contribution is -2.50. The van der Waals surface area contributed by atoms with Crippen molar-refractivity contribution in [2.75, 3.05) is 0 Å². The van der Waals surface area contributed by atoms with Gasteiger partial charge >= 0.3 is 0 Å². The first-order chi connectivity index (χ1) is 9.36. The molecule has 20 heavy (non-hydrogen) atoms. The molecule has 0 amide bonds. The van der Waals surface area contributed by atoms with E-state index in [4.69, 9.17) is 9.26 Å². The minimum Gasteiger partial charge on any atom is -0.380 e. The van der Waals surface area contributed by atoms with Crippen LogP contribution in [0.1, 0.15) is 32.3 Å². The summed E-state index contributed by atoms with van der Waals surface area (Å²) in [5, 5.41) is 4.37. The third-order valence-corrected chi connectivity index (χ3v) is 4.60. The van der Waals surface area contributed by atoms with Gasteiger partial charge in [0.1, 0.15) is 0 Å². The molecule has 0 saturated heterocycles. The van der Waals surface area contributed by atoms with Crippen LogP contribution >= 0.6 is 0 Å². The summed E-state index contributed by atoms with van der Waals surface area (Å²) < 4.78 is 6.32. The molecule has 1 aliphatic rings. The Hall–Kier alpha value is -1.13. The number of nitrogens with zero attached hydrogens (tertiary/aromatic N) is 1. The Balaban J connectivity index is 2.23. The van der Waals surface area contributed by atoms with Gasteiger partial charge in [-0.25, -0.2) is 0 Å². The van der Waals surface area contributed by atoms with Crippen molar-refractivity contribution >= 4 is 14.0 Å². The van der Waals surface area contributed by atoms with E-state index in [1.54, 1.807) is 0 Å². The number of hydrogen-bond acceptors (Lipinski definition) is 3. The van der Waals surface area contributed by atoms with E-state index < -0.39 is 14.1 Å². The average Bonchev–Trinajstić information content (AvgIpc) is 2.40. The van der Waals surface area contributed by atoms with E-state index in [-0.39, 0.29) is 0 Å². The second kappa shape index (κ2) is 5.70. The molecule has 110 valence electrons. The van der Waals surface area contributed by atoms with Crippen molar-refractivity contribution in [1.82, 2.24) is 0 Å². The molecule has 0 aliphatic carbocycles. The molecule has 0 fully saturated rings. The van der Waals surface area contributed by atoms with E-state index >= 15 is 0 Å². The normalized spacial score (nSPS) is 26.9. The van der Waals surface area contributed by atoms with Crippen LogP contribution in [0.4, 0.5) is 0 Å². The highest BCUT2D eigenvalue weighted by Gasteiger charge is 2.45. The maximum Gasteiger partial charge on any atom is 0.230 e. The summed E-state index contributed by atoms with van der Waals surface area (Å²) in [6.07, 6.45) is 1.71. The minimum absolute atomic E-state index is 0.298. The Kier molecular flexibility index (Phi) is 4.35. The molecule has 0 bridgehead atoms. The van der Waals surface area contributed by atoms with E-state index in [1.165, 1.54) is 0 Å². The first-order valence-electron chi connectivity index (χ1n) is 7.37. The summed E-state index contributed by atoms with van der Waals surface area (Å²) in [5.74, 6) is -0.255. The second-order valence-corrected chi connectivity index (χ2v) is 10.9. The standard InChI is InChI=1S/C16H25NO2Si/c1-6-16(19-20(3,4)5)13(2)12-15(17-18-16)14-10-8-7-9-11-14/h7-11,13H,6,12H2,1-5H3/t13-,16-/m0/s1. The quantitative estimate of drug-likeness (QED) is 0.770. The number of hydrogen-bond donors (Lipinski definition) is 0. The third kappa shape index (κ3) is 3.30. The van der Waals surface area contributed by atoms with Gasteiger partial charge in [-0.3, -0.25) is 0 Å². The van der Waals surface area contributed by atoms with Crippen LogP contribution in [-0.4, -0.2) is 19.8 Å². The summed E-state index contributed by atoms with van der Waals surface area (Å²) >= 11 is 0. The van der Waals surface area contributed by atoms with Crippen LogP contribution in [0.3, 0.4) is 0 Å². The van der Waals surface area contributed by atoms with Crippen molar-refractivity contribution < 1.29 is 9.26 Å². The van der Waals surface area contributed by atoms with Crippen molar-refractivity contribution in [3.63, 3.8) is 0 Å². The molecule has 1 heterocycles. The van der Waals surface area contributed by atoms with Crippen LogP contribution in [-0.2, 0) is 9.26 Å². The summed E-state index contributed by atoms with van der Waals surface area (Å²) in [6.45, 7) is 10.9. The predicted molar refractivity (Wildman–Crippen MR) is 85.3 cm³/mol. The molecule has 0 N–H and O–H groups in total. The van der Waals surface area contributed by atoms with Gasteiger partial charge < -0.3 is 9.26 Å². The molecule has 0 radical (unpaired) electrons. The fourth-order valence-electron chi connectivity index (χ4n) is 2.63. The number of rotatable bonds is 4. The zero-order valence-corrected chi connectivity index (χ0v) is 14.1. The fourth-order valence-corrected chi connectivity index (χ4v) is 4.05. The largest absolute Gasteiger partial charge is 0.380 e. The minimum atomic E-state index is -1.68. The van der Waals surface area contributed by atoms with Gasteiger partial charge in [-0.05, 0) is 25.2 Å². The lowest BCUT2D eigenvalue weighted by Gasteiger charge is -2.42. The highest BCUT2D eigenvalue weighted by molar-refractivity contribution is 6.69. The Morgan fingerprint density at radius 2 is 1.95 bits per heavy atom. The molecular formula is C16H25NO2Si. The van der Waals surface area contributed by atoms with Gasteiger partial charge in [-0.1, -0.05) is 49.3 Å². The van der Waals surface area contributed by atoms with Crippen LogP contribution in [0.25, 0.3) is 0 Å². The van der Waals surface area contributed by atoms with Crippen molar-refractivity contribution in [3.05, 3.63) is 35.9 Å². The molecule has 0 aromatic heterocycles. The third-order valence-electron chi connectivity index (χ3n) is 3.64. The lowest BCUT2D eigenvalue weighted by atomic mass is 9.89. The van der Waals surface area contributed by atoms with Crippen molar-refractivity contribution in [3.8, 4) is 0 Å². The highest BCUT2D eigenvalue weighted by atomic mass is 28.4. The van der Waals surface area contributed by atoms with E-state index in [0.717, 1.165) is 24.1 Å². The summed E-state index contributed by atoms with van der Waals surface area (Å²) in [7, 11) is -1.68. The summed E-state index contributed by atoms with van der Waals surface area (Å²) in [6, 6.07) is 10.2. The Morgan fingerprint density at radius 3 is 2.45 bits per heavy atom. The van der Waals surface area contributed by atoms with Gasteiger partial charge in [0.25, 0.3) is 0 Å². The second-order valence-electron chi connectivity index (χ2n) is 6.48. The predicted octanol–water partition coefficient (Wildman–Crippen LogP) is 4.40. The monoisotopic (exact) mass is 291 g/mol. The van der Waals surface area contributed by atoms with Gasteiger partial charge in [0.05, 0.1) is 5.71 Å². The molecule has 1 aromatic rings.